The van der Waals surface area contributed by atoms with Crippen molar-refractivity contribution in [2.24, 2.45) is 0 Å². The fourth-order valence-corrected chi connectivity index (χ4v) is 4.10. The normalized spacial score (nSPS) is 11.4. The molecule has 3 aromatic carbocycles. The number of hydrogen-bond acceptors (Lipinski definition) is 3. The summed E-state index contributed by atoms with van der Waals surface area (Å²) in [4.78, 5) is 12.0. The minimum Gasteiger partial charge on any atom is -0.487 e. The van der Waals surface area contributed by atoms with Crippen LogP contribution in [0.15, 0.2) is 54.6 Å². The molecule has 3 nitrogen and oxygen atoms in total. The van der Waals surface area contributed by atoms with Crippen LogP contribution in [0.2, 0.25) is 0 Å². The van der Waals surface area contributed by atoms with Crippen molar-refractivity contribution in [1.82, 2.24) is 0 Å². The summed E-state index contributed by atoms with van der Waals surface area (Å²) in [5.41, 5.74) is -1.38. The van der Waals surface area contributed by atoms with E-state index in [9.17, 15) is 35.5 Å². The molecule has 0 bridgehead atoms. The van der Waals surface area contributed by atoms with Crippen LogP contribution in [0, 0.1) is 35.1 Å². The van der Waals surface area contributed by atoms with Crippen LogP contribution in [-0.2, 0) is 11.0 Å². The molecule has 0 atom stereocenters. The van der Waals surface area contributed by atoms with E-state index in [2.05, 4.69) is 18.8 Å². The van der Waals surface area contributed by atoms with Gasteiger partial charge in [0.15, 0.2) is 17.4 Å². The lowest BCUT2D eigenvalue weighted by Crippen LogP contribution is -2.08. The average Bonchev–Trinajstić information content (AvgIpc) is 3.00. The molecule has 0 aliphatic rings. The van der Waals surface area contributed by atoms with Gasteiger partial charge in [-0.15, -0.1) is 0 Å². The molecule has 0 saturated heterocycles. The molecule has 0 N–H and O–H groups in total. The number of ether oxygens (including phenoxy) is 2. The molecular weight excluding hydrogens is 589 g/mol. The highest BCUT2D eigenvalue weighted by atomic mass is 19.4. The van der Waals surface area contributed by atoms with Crippen molar-refractivity contribution in [3.05, 3.63) is 100 Å². The second-order valence-corrected chi connectivity index (χ2v) is 9.93. The van der Waals surface area contributed by atoms with Crippen molar-refractivity contribution in [1.29, 1.82) is 0 Å². The largest absolute Gasteiger partial charge is 0.487 e. The third-order valence-electron chi connectivity index (χ3n) is 6.52. The predicted molar refractivity (Wildman–Crippen MR) is 153 cm³/mol. The first kappa shape index (κ1) is 34.2. The van der Waals surface area contributed by atoms with E-state index in [-0.39, 0.29) is 17.9 Å². The molecule has 0 saturated carbocycles. The van der Waals surface area contributed by atoms with Crippen molar-refractivity contribution in [3.8, 4) is 23.3 Å². The molecule has 0 aliphatic heterocycles. The highest BCUT2D eigenvalue weighted by molar-refractivity contribution is 5.88. The van der Waals surface area contributed by atoms with Gasteiger partial charge >= 0.3 is 12.1 Å². The Labute approximate surface area is 251 Å². The van der Waals surface area contributed by atoms with E-state index < -0.39 is 52.3 Å². The zero-order chi connectivity index (χ0) is 32.1. The van der Waals surface area contributed by atoms with Gasteiger partial charge in [0.05, 0.1) is 12.2 Å². The maximum Gasteiger partial charge on any atom is 0.416 e. The van der Waals surface area contributed by atoms with Gasteiger partial charge in [-0.1, -0.05) is 75.8 Å². The summed E-state index contributed by atoms with van der Waals surface area (Å²) < 4.78 is 106. The second-order valence-electron chi connectivity index (χ2n) is 9.93. The SMILES string of the molecule is CCCCCCCCCCOc1c(F)c(F)c(C#Cc2ccc(OC(=O)/C=C/c3ccc(C(F)(F)F)cc3)cc2)c(F)c1F. The summed E-state index contributed by atoms with van der Waals surface area (Å²) in [5, 5.41) is 0. The minimum absolute atomic E-state index is 0.0741. The number of benzene rings is 3. The molecule has 0 unspecified atom stereocenters. The lowest BCUT2D eigenvalue weighted by Gasteiger charge is -2.11. The van der Waals surface area contributed by atoms with Crippen LogP contribution >= 0.6 is 0 Å². The van der Waals surface area contributed by atoms with Gasteiger partial charge in [0.2, 0.25) is 11.6 Å². The fourth-order valence-electron chi connectivity index (χ4n) is 4.10. The number of hydrogen-bond donors (Lipinski definition) is 0. The molecule has 0 heterocycles. The monoisotopic (exact) mass is 620 g/mol. The van der Waals surface area contributed by atoms with Crippen LogP contribution in [0.1, 0.15) is 80.5 Å². The van der Waals surface area contributed by atoms with Crippen molar-refractivity contribution < 1.29 is 45.0 Å². The molecule has 0 aliphatic carbocycles. The van der Waals surface area contributed by atoms with Crippen molar-refractivity contribution in [3.63, 3.8) is 0 Å². The van der Waals surface area contributed by atoms with Crippen LogP contribution in [-0.4, -0.2) is 12.6 Å². The van der Waals surface area contributed by atoms with Crippen LogP contribution in [0.3, 0.4) is 0 Å². The van der Waals surface area contributed by atoms with Crippen LogP contribution in [0.25, 0.3) is 6.08 Å². The zero-order valence-electron chi connectivity index (χ0n) is 24.0. The standard InChI is InChI=1S/C34H31F7O3/c1-2-3-4-5-6-7-8-9-22-43-33-31(37)29(35)27(30(36)32(33)38)20-14-24-12-18-26(19-13-24)44-28(42)21-15-23-10-16-25(17-11-23)34(39,40)41/h10-13,15-19,21H,2-9,22H2,1H3/b21-15+. The summed E-state index contributed by atoms with van der Waals surface area (Å²) in [6, 6.07) is 9.49. The van der Waals surface area contributed by atoms with E-state index in [0.29, 0.717) is 12.0 Å². The Kier molecular flexibility index (Phi) is 12.9. The van der Waals surface area contributed by atoms with Gasteiger partial charge in [0, 0.05) is 11.6 Å². The Morgan fingerprint density at radius 3 is 1.89 bits per heavy atom. The van der Waals surface area contributed by atoms with Crippen molar-refractivity contribution in [2.45, 2.75) is 64.5 Å². The summed E-state index contributed by atoms with van der Waals surface area (Å²) in [5.74, 6) is -4.04. The van der Waals surface area contributed by atoms with Crippen molar-refractivity contribution in [2.75, 3.05) is 6.61 Å². The van der Waals surface area contributed by atoms with Gasteiger partial charge in [-0.2, -0.15) is 22.0 Å². The molecule has 3 rings (SSSR count). The lowest BCUT2D eigenvalue weighted by molar-refractivity contribution is -0.137. The number of rotatable bonds is 13. The minimum atomic E-state index is -4.47. The summed E-state index contributed by atoms with van der Waals surface area (Å²) in [6.07, 6.45) is 5.65. The van der Waals surface area contributed by atoms with Gasteiger partial charge in [-0.3, -0.25) is 0 Å². The van der Waals surface area contributed by atoms with Crippen LogP contribution in [0.4, 0.5) is 30.7 Å². The Morgan fingerprint density at radius 2 is 1.32 bits per heavy atom. The third kappa shape index (κ3) is 10.2. The summed E-state index contributed by atoms with van der Waals surface area (Å²) in [7, 11) is 0. The topological polar surface area (TPSA) is 35.5 Å². The molecule has 3 aromatic rings. The third-order valence-corrected chi connectivity index (χ3v) is 6.52. The van der Waals surface area contributed by atoms with Gasteiger partial charge in [-0.25, -0.2) is 13.6 Å². The Morgan fingerprint density at radius 1 is 0.750 bits per heavy atom. The number of carbonyl (C=O) groups excluding carboxylic acids is 1. The highest BCUT2D eigenvalue weighted by Gasteiger charge is 2.30. The second kappa shape index (κ2) is 16.6. The Bertz CT molecular complexity index is 1450. The lowest BCUT2D eigenvalue weighted by atomic mass is 10.1. The van der Waals surface area contributed by atoms with E-state index in [1.54, 1.807) is 0 Å². The molecule has 234 valence electrons. The van der Waals surface area contributed by atoms with E-state index >= 15 is 0 Å². The Balaban J connectivity index is 1.56. The molecule has 0 amide bonds. The van der Waals surface area contributed by atoms with E-state index in [1.807, 2.05) is 0 Å². The number of halogens is 7. The highest BCUT2D eigenvalue weighted by Crippen LogP contribution is 2.31. The Hall–Kier alpha value is -4.26. The number of esters is 1. The van der Waals surface area contributed by atoms with Crippen LogP contribution in [0.5, 0.6) is 11.5 Å². The van der Waals surface area contributed by atoms with Crippen molar-refractivity contribution >= 4 is 12.0 Å². The first-order chi connectivity index (χ1) is 21.0. The van der Waals surface area contributed by atoms with E-state index in [1.165, 1.54) is 48.9 Å². The van der Waals surface area contributed by atoms with Gasteiger partial charge in [-0.05, 0) is 54.5 Å². The average molecular weight is 621 g/mol. The molecule has 0 radical (unpaired) electrons. The number of carbonyl (C=O) groups is 1. The first-order valence-corrected chi connectivity index (χ1v) is 14.2. The smallest absolute Gasteiger partial charge is 0.416 e. The molecule has 0 fully saturated rings. The van der Waals surface area contributed by atoms with Crippen LogP contribution < -0.4 is 9.47 Å². The summed E-state index contributed by atoms with van der Waals surface area (Å²) >= 11 is 0. The number of alkyl halides is 3. The molecular formula is C34H31F7O3. The zero-order valence-corrected chi connectivity index (χ0v) is 24.0. The molecule has 44 heavy (non-hydrogen) atoms. The maximum atomic E-state index is 14.6. The predicted octanol–water partition coefficient (Wildman–Crippen LogP) is 9.80. The summed E-state index contributed by atoms with van der Waals surface area (Å²) in [6.45, 7) is 2.04. The fraction of sp³-hybridized carbons (Fsp3) is 0.324. The van der Waals surface area contributed by atoms with Gasteiger partial charge in [0.1, 0.15) is 11.3 Å². The van der Waals surface area contributed by atoms with Gasteiger partial charge < -0.3 is 9.47 Å². The maximum absolute atomic E-state index is 14.6. The first-order valence-electron chi connectivity index (χ1n) is 14.2. The van der Waals surface area contributed by atoms with Gasteiger partial charge in [0.25, 0.3) is 0 Å². The number of unbranched alkanes of at least 4 members (excludes halogenated alkanes) is 7. The molecule has 0 aromatic heterocycles. The van der Waals surface area contributed by atoms with E-state index in [0.717, 1.165) is 56.7 Å². The molecule has 0 spiro atoms. The molecule has 10 heteroatoms. The van der Waals surface area contributed by atoms with E-state index in [4.69, 9.17) is 9.47 Å². The quantitative estimate of drug-likeness (QED) is 0.0363.